The van der Waals surface area contributed by atoms with Crippen molar-refractivity contribution in [3.05, 3.63) is 0 Å². The molecule has 6 heteroatoms. The van der Waals surface area contributed by atoms with Gasteiger partial charge in [0.15, 0.2) is 5.84 Å². The van der Waals surface area contributed by atoms with Gasteiger partial charge in [0.25, 0.3) is 0 Å². The molecule has 0 bridgehead atoms. The second kappa shape index (κ2) is 8.72. The van der Waals surface area contributed by atoms with Crippen molar-refractivity contribution in [1.29, 1.82) is 5.26 Å². The maximum absolute atomic E-state index is 8.35. The standard InChI is InChI=1S/C6H14N2O2.C6H11NO/c1-4-10-6(2,3)5(7)8-9;1-4-8-6(2,3)5-7/h9H,4H2,1-3H3,(H2,7,8);4H2,1-3H3. The second-order valence-electron chi connectivity index (χ2n) is 4.48. The average Bonchev–Trinajstić information content (AvgIpc) is 2.28. The molecule has 0 aromatic carbocycles. The fourth-order valence-corrected chi connectivity index (χ4v) is 0.948. The number of rotatable bonds is 5. The molecule has 0 aliphatic carbocycles. The SMILES string of the molecule is CCOC(C)(C)/C(N)=N/O.CCOC(C)(C)C#N. The Morgan fingerprint density at radius 3 is 1.89 bits per heavy atom. The number of nitrogens with two attached hydrogens (primary N) is 1. The normalized spacial score (nSPS) is 12.4. The van der Waals surface area contributed by atoms with Crippen molar-refractivity contribution < 1.29 is 14.7 Å². The Morgan fingerprint density at radius 2 is 1.67 bits per heavy atom. The van der Waals surface area contributed by atoms with Crippen LogP contribution in [0.2, 0.25) is 0 Å². The van der Waals surface area contributed by atoms with Crippen LogP contribution >= 0.6 is 0 Å². The quantitative estimate of drug-likeness (QED) is 0.340. The first-order valence-corrected chi connectivity index (χ1v) is 5.84. The van der Waals surface area contributed by atoms with Crippen LogP contribution < -0.4 is 5.73 Å². The van der Waals surface area contributed by atoms with E-state index in [-0.39, 0.29) is 5.84 Å². The molecular weight excluding hydrogens is 234 g/mol. The van der Waals surface area contributed by atoms with Crippen molar-refractivity contribution in [3.8, 4) is 6.07 Å². The van der Waals surface area contributed by atoms with E-state index < -0.39 is 11.2 Å². The summed E-state index contributed by atoms with van der Waals surface area (Å²) in [6, 6.07) is 2.02. The molecule has 0 heterocycles. The summed E-state index contributed by atoms with van der Waals surface area (Å²) in [5, 5.41) is 19.5. The van der Waals surface area contributed by atoms with Gasteiger partial charge in [-0.05, 0) is 41.5 Å². The fourth-order valence-electron chi connectivity index (χ4n) is 0.948. The molecule has 106 valence electrons. The number of nitrogens with zero attached hydrogens (tertiary/aromatic N) is 2. The summed E-state index contributed by atoms with van der Waals surface area (Å²) in [6.45, 7) is 11.8. The molecule has 0 saturated heterocycles. The highest BCUT2D eigenvalue weighted by molar-refractivity contribution is 5.87. The van der Waals surface area contributed by atoms with Gasteiger partial charge in [-0.3, -0.25) is 0 Å². The number of nitriles is 1. The van der Waals surface area contributed by atoms with Crippen molar-refractivity contribution in [1.82, 2.24) is 0 Å². The Bertz CT molecular complexity index is 293. The zero-order valence-corrected chi connectivity index (χ0v) is 12.1. The molecule has 0 aliphatic rings. The van der Waals surface area contributed by atoms with Crippen LogP contribution in [-0.2, 0) is 9.47 Å². The van der Waals surface area contributed by atoms with Crippen molar-refractivity contribution >= 4 is 5.84 Å². The zero-order valence-electron chi connectivity index (χ0n) is 12.1. The molecule has 0 aliphatic heterocycles. The molecule has 0 fully saturated rings. The van der Waals surface area contributed by atoms with Crippen LogP contribution in [0, 0.1) is 11.3 Å². The van der Waals surface area contributed by atoms with E-state index >= 15 is 0 Å². The summed E-state index contributed by atoms with van der Waals surface area (Å²) in [4.78, 5) is 0. The minimum absolute atomic E-state index is 0.0920. The van der Waals surface area contributed by atoms with Gasteiger partial charge < -0.3 is 20.4 Å². The number of oxime groups is 1. The lowest BCUT2D eigenvalue weighted by atomic mass is 10.1. The average molecular weight is 259 g/mol. The van der Waals surface area contributed by atoms with Gasteiger partial charge in [0.2, 0.25) is 0 Å². The van der Waals surface area contributed by atoms with E-state index in [1.165, 1.54) is 0 Å². The van der Waals surface area contributed by atoms with Crippen LogP contribution in [0.3, 0.4) is 0 Å². The summed E-state index contributed by atoms with van der Waals surface area (Å²) in [7, 11) is 0. The van der Waals surface area contributed by atoms with E-state index in [1.54, 1.807) is 27.7 Å². The van der Waals surface area contributed by atoms with E-state index in [0.717, 1.165) is 0 Å². The summed E-state index contributed by atoms with van der Waals surface area (Å²) < 4.78 is 10.2. The van der Waals surface area contributed by atoms with E-state index in [1.807, 2.05) is 19.9 Å². The Hall–Kier alpha value is -1.32. The molecule has 6 nitrogen and oxygen atoms in total. The Balaban J connectivity index is 0. The van der Waals surface area contributed by atoms with E-state index in [9.17, 15) is 0 Å². The lowest BCUT2D eigenvalue weighted by Gasteiger charge is -2.22. The van der Waals surface area contributed by atoms with Crippen molar-refractivity contribution in [2.45, 2.75) is 52.7 Å². The Morgan fingerprint density at radius 1 is 1.22 bits per heavy atom. The molecule has 0 spiro atoms. The Labute approximate surface area is 109 Å². The van der Waals surface area contributed by atoms with Crippen molar-refractivity contribution in [2.75, 3.05) is 13.2 Å². The monoisotopic (exact) mass is 259 g/mol. The lowest BCUT2D eigenvalue weighted by Crippen LogP contribution is -2.40. The van der Waals surface area contributed by atoms with Crippen LogP contribution in [0.4, 0.5) is 0 Å². The second-order valence-corrected chi connectivity index (χ2v) is 4.48. The Kier molecular flexibility index (Phi) is 9.22. The maximum Gasteiger partial charge on any atom is 0.170 e. The molecule has 0 rings (SSSR count). The van der Waals surface area contributed by atoms with Gasteiger partial charge in [-0.25, -0.2) is 0 Å². The van der Waals surface area contributed by atoms with E-state index in [0.29, 0.717) is 13.2 Å². The summed E-state index contributed by atoms with van der Waals surface area (Å²) in [6.07, 6.45) is 0. The first-order valence-electron chi connectivity index (χ1n) is 5.84. The predicted octanol–water partition coefficient (Wildman–Crippen LogP) is 1.87. The smallest absolute Gasteiger partial charge is 0.170 e. The molecule has 0 amide bonds. The van der Waals surface area contributed by atoms with Gasteiger partial charge in [0.1, 0.15) is 11.2 Å². The lowest BCUT2D eigenvalue weighted by molar-refractivity contribution is 0.0345. The van der Waals surface area contributed by atoms with Gasteiger partial charge >= 0.3 is 0 Å². The summed E-state index contributed by atoms with van der Waals surface area (Å²) in [5.74, 6) is 0.0920. The maximum atomic E-state index is 8.35. The van der Waals surface area contributed by atoms with Crippen LogP contribution in [0.5, 0.6) is 0 Å². The first kappa shape index (κ1) is 19.0. The van der Waals surface area contributed by atoms with E-state index in [4.69, 9.17) is 25.7 Å². The number of amidine groups is 1. The van der Waals surface area contributed by atoms with Gasteiger partial charge in [0, 0.05) is 13.2 Å². The molecule has 18 heavy (non-hydrogen) atoms. The highest BCUT2D eigenvalue weighted by Crippen LogP contribution is 2.07. The minimum atomic E-state index is -0.663. The molecule has 3 N–H and O–H groups in total. The largest absolute Gasteiger partial charge is 0.409 e. The van der Waals surface area contributed by atoms with Gasteiger partial charge in [-0.1, -0.05) is 5.16 Å². The van der Waals surface area contributed by atoms with Gasteiger partial charge in [-0.15, -0.1) is 0 Å². The molecule has 0 saturated carbocycles. The number of hydrogen-bond donors (Lipinski definition) is 2. The van der Waals surface area contributed by atoms with Crippen molar-refractivity contribution in [2.24, 2.45) is 10.9 Å². The molecule has 0 radical (unpaired) electrons. The highest BCUT2D eigenvalue weighted by Gasteiger charge is 2.23. The summed E-state index contributed by atoms with van der Waals surface area (Å²) >= 11 is 0. The molecule has 0 aromatic rings. The minimum Gasteiger partial charge on any atom is -0.409 e. The van der Waals surface area contributed by atoms with Crippen LogP contribution in [0.25, 0.3) is 0 Å². The van der Waals surface area contributed by atoms with Gasteiger partial charge in [0.05, 0.1) is 6.07 Å². The zero-order chi connectivity index (χ0) is 14.8. The van der Waals surface area contributed by atoms with Crippen LogP contribution in [-0.4, -0.2) is 35.5 Å². The van der Waals surface area contributed by atoms with Crippen LogP contribution in [0.1, 0.15) is 41.5 Å². The number of ether oxygens (including phenoxy) is 2. The molecular formula is C12H25N3O3. The van der Waals surface area contributed by atoms with E-state index in [2.05, 4.69) is 5.16 Å². The van der Waals surface area contributed by atoms with Gasteiger partial charge in [-0.2, -0.15) is 5.26 Å². The van der Waals surface area contributed by atoms with Crippen molar-refractivity contribution in [3.63, 3.8) is 0 Å². The molecule has 0 atom stereocenters. The molecule has 0 unspecified atom stereocenters. The predicted molar refractivity (Wildman–Crippen MR) is 70.4 cm³/mol. The fraction of sp³-hybridized carbons (Fsp3) is 0.833. The first-order chi connectivity index (χ1) is 8.16. The topological polar surface area (TPSA) is 101 Å². The summed E-state index contributed by atoms with van der Waals surface area (Å²) in [5.41, 5.74) is 4.05. The third-order valence-electron chi connectivity index (χ3n) is 2.00. The highest BCUT2D eigenvalue weighted by atomic mass is 16.5. The molecule has 0 aromatic heterocycles. The van der Waals surface area contributed by atoms with Crippen LogP contribution in [0.15, 0.2) is 5.16 Å². The number of hydrogen-bond acceptors (Lipinski definition) is 5. The third kappa shape index (κ3) is 8.79. The third-order valence-corrected chi connectivity index (χ3v) is 2.00.